The van der Waals surface area contributed by atoms with Crippen molar-refractivity contribution in [1.82, 2.24) is 9.78 Å². The fourth-order valence-corrected chi connectivity index (χ4v) is 1.48. The zero-order valence-electron chi connectivity index (χ0n) is 9.38. The molecule has 1 unspecified atom stereocenters. The molecule has 0 aromatic carbocycles. The van der Waals surface area contributed by atoms with E-state index in [1.807, 2.05) is 26.1 Å². The number of hydrogen-bond donors (Lipinski definition) is 0. The first kappa shape index (κ1) is 11.8. The Bertz CT molecular complexity index is 296. The molecule has 1 atom stereocenters. The van der Waals surface area contributed by atoms with E-state index in [1.54, 1.807) is 18.0 Å². The minimum Gasteiger partial charge on any atom is -0.384 e. The van der Waals surface area contributed by atoms with Gasteiger partial charge in [0.05, 0.1) is 13.2 Å². The van der Waals surface area contributed by atoms with Crippen molar-refractivity contribution in [1.29, 1.82) is 0 Å². The predicted octanol–water partition coefficient (Wildman–Crippen LogP) is 1.69. The number of nitroso groups, excluding NO2 is 1. The predicted molar refractivity (Wildman–Crippen MR) is 57.5 cm³/mol. The van der Waals surface area contributed by atoms with Gasteiger partial charge >= 0.3 is 0 Å². The molecule has 0 saturated carbocycles. The lowest BCUT2D eigenvalue weighted by atomic mass is 9.86. The Hall–Kier alpha value is -1.23. The van der Waals surface area contributed by atoms with E-state index >= 15 is 0 Å². The van der Waals surface area contributed by atoms with Gasteiger partial charge in [-0.25, -0.2) is 0 Å². The molecule has 0 saturated heterocycles. The van der Waals surface area contributed by atoms with E-state index in [9.17, 15) is 4.91 Å². The number of nitrogens with zero attached hydrogens (tertiary/aromatic N) is 3. The summed E-state index contributed by atoms with van der Waals surface area (Å²) in [5.74, 6) is 0. The largest absolute Gasteiger partial charge is 0.384 e. The zero-order valence-corrected chi connectivity index (χ0v) is 9.38. The Labute approximate surface area is 89.4 Å². The van der Waals surface area contributed by atoms with Crippen LogP contribution in [0.15, 0.2) is 23.6 Å². The molecule has 84 valence electrons. The van der Waals surface area contributed by atoms with E-state index in [-0.39, 0.29) is 11.5 Å². The molecule has 0 aliphatic rings. The van der Waals surface area contributed by atoms with Crippen LogP contribution in [0.2, 0.25) is 0 Å². The maximum Gasteiger partial charge on any atom is 0.119 e. The van der Waals surface area contributed by atoms with Gasteiger partial charge in [-0.3, -0.25) is 4.68 Å². The smallest absolute Gasteiger partial charge is 0.119 e. The molecule has 0 aliphatic heterocycles. The number of rotatable bonds is 6. The molecule has 15 heavy (non-hydrogen) atoms. The first-order valence-corrected chi connectivity index (χ1v) is 4.89. The van der Waals surface area contributed by atoms with E-state index in [0.717, 1.165) is 0 Å². The lowest BCUT2D eigenvalue weighted by molar-refractivity contribution is 0.0800. The second-order valence-electron chi connectivity index (χ2n) is 4.27. The van der Waals surface area contributed by atoms with Crippen LogP contribution in [0.4, 0.5) is 0 Å². The average molecular weight is 211 g/mol. The van der Waals surface area contributed by atoms with Crippen LogP contribution in [-0.2, 0) is 11.3 Å². The van der Waals surface area contributed by atoms with Crippen LogP contribution in [0.3, 0.4) is 0 Å². The zero-order chi connectivity index (χ0) is 11.3. The molecule has 0 amide bonds. The van der Waals surface area contributed by atoms with Crippen molar-refractivity contribution in [2.24, 2.45) is 10.6 Å². The summed E-state index contributed by atoms with van der Waals surface area (Å²) in [4.78, 5) is 10.8. The molecule has 5 heteroatoms. The molecular formula is C10H17N3O2. The molecule has 0 aliphatic carbocycles. The van der Waals surface area contributed by atoms with Gasteiger partial charge in [-0.1, -0.05) is 19.0 Å². The van der Waals surface area contributed by atoms with E-state index in [2.05, 4.69) is 10.3 Å². The Kier molecular flexibility index (Phi) is 3.96. The Balaban J connectivity index is 2.67. The van der Waals surface area contributed by atoms with Crippen LogP contribution in [-0.4, -0.2) is 29.5 Å². The highest BCUT2D eigenvalue weighted by atomic mass is 16.5. The van der Waals surface area contributed by atoms with Crippen molar-refractivity contribution < 1.29 is 4.74 Å². The number of hydrogen-bond acceptors (Lipinski definition) is 4. The fourth-order valence-electron chi connectivity index (χ4n) is 1.48. The van der Waals surface area contributed by atoms with Crippen molar-refractivity contribution in [2.75, 3.05) is 13.7 Å². The lowest BCUT2D eigenvalue weighted by Crippen LogP contribution is -2.35. The Morgan fingerprint density at radius 2 is 2.33 bits per heavy atom. The third-order valence-electron chi connectivity index (χ3n) is 2.46. The standard InChI is InChI=1S/C10H17N3O2/c1-10(2,8-15-3)9(12-14)7-13-6-4-5-11-13/h4-6,9H,7-8H2,1-3H3. The molecule has 1 heterocycles. The fraction of sp³-hybridized carbons (Fsp3) is 0.700. The molecule has 0 spiro atoms. The first-order chi connectivity index (χ1) is 7.10. The quantitative estimate of drug-likeness (QED) is 0.673. The summed E-state index contributed by atoms with van der Waals surface area (Å²) in [5, 5.41) is 7.22. The van der Waals surface area contributed by atoms with Gasteiger partial charge in [0.2, 0.25) is 0 Å². The van der Waals surface area contributed by atoms with Crippen molar-refractivity contribution in [3.8, 4) is 0 Å². The van der Waals surface area contributed by atoms with Gasteiger partial charge in [0.25, 0.3) is 0 Å². The monoisotopic (exact) mass is 211 g/mol. The highest BCUT2D eigenvalue weighted by Gasteiger charge is 2.31. The van der Waals surface area contributed by atoms with Crippen molar-refractivity contribution in [3.63, 3.8) is 0 Å². The van der Waals surface area contributed by atoms with Crippen LogP contribution < -0.4 is 0 Å². The van der Waals surface area contributed by atoms with Gasteiger partial charge in [-0.05, 0) is 6.07 Å². The summed E-state index contributed by atoms with van der Waals surface area (Å²) >= 11 is 0. The van der Waals surface area contributed by atoms with E-state index in [0.29, 0.717) is 13.2 Å². The highest BCUT2D eigenvalue weighted by molar-refractivity contribution is 4.86. The van der Waals surface area contributed by atoms with Crippen molar-refractivity contribution in [2.45, 2.75) is 26.4 Å². The maximum atomic E-state index is 10.8. The van der Waals surface area contributed by atoms with Crippen LogP contribution in [0.5, 0.6) is 0 Å². The number of ether oxygens (including phenoxy) is 1. The normalized spacial score (nSPS) is 13.8. The minimum absolute atomic E-state index is 0.275. The topological polar surface area (TPSA) is 56.5 Å². The SMILES string of the molecule is COCC(C)(C)C(Cn1cccn1)N=O. The highest BCUT2D eigenvalue weighted by Crippen LogP contribution is 2.24. The van der Waals surface area contributed by atoms with Gasteiger partial charge in [-0.15, -0.1) is 0 Å². The van der Waals surface area contributed by atoms with Gasteiger partial charge in [0, 0.05) is 24.9 Å². The van der Waals surface area contributed by atoms with Crippen molar-refractivity contribution >= 4 is 0 Å². The van der Waals surface area contributed by atoms with Crippen LogP contribution in [0.1, 0.15) is 13.8 Å². The molecule has 5 nitrogen and oxygen atoms in total. The summed E-state index contributed by atoms with van der Waals surface area (Å²) in [5.41, 5.74) is -0.275. The summed E-state index contributed by atoms with van der Waals surface area (Å²) in [6.45, 7) is 4.93. The number of methoxy groups -OCH3 is 1. The Morgan fingerprint density at radius 1 is 1.60 bits per heavy atom. The van der Waals surface area contributed by atoms with Crippen LogP contribution in [0.25, 0.3) is 0 Å². The molecule has 0 fully saturated rings. The number of aromatic nitrogens is 2. The first-order valence-electron chi connectivity index (χ1n) is 4.89. The van der Waals surface area contributed by atoms with Crippen molar-refractivity contribution in [3.05, 3.63) is 23.4 Å². The second-order valence-corrected chi connectivity index (χ2v) is 4.27. The van der Waals surface area contributed by atoms with Crippen LogP contribution in [0, 0.1) is 10.3 Å². The molecule has 0 N–H and O–H groups in total. The lowest BCUT2D eigenvalue weighted by Gasteiger charge is -2.28. The molecule has 0 bridgehead atoms. The van der Waals surface area contributed by atoms with Gasteiger partial charge < -0.3 is 4.74 Å². The van der Waals surface area contributed by atoms with Gasteiger partial charge in [0.15, 0.2) is 0 Å². The van der Waals surface area contributed by atoms with Gasteiger partial charge in [0.1, 0.15) is 6.04 Å². The molecule has 1 rings (SSSR count). The maximum absolute atomic E-state index is 10.8. The minimum atomic E-state index is -0.336. The summed E-state index contributed by atoms with van der Waals surface area (Å²) in [7, 11) is 1.62. The second kappa shape index (κ2) is 5.02. The van der Waals surface area contributed by atoms with E-state index in [1.165, 1.54) is 0 Å². The van der Waals surface area contributed by atoms with E-state index < -0.39 is 0 Å². The average Bonchev–Trinajstić information content (AvgIpc) is 2.66. The molecule has 0 radical (unpaired) electrons. The summed E-state index contributed by atoms with van der Waals surface area (Å²) in [6.07, 6.45) is 3.51. The molecular weight excluding hydrogens is 194 g/mol. The third-order valence-corrected chi connectivity index (χ3v) is 2.46. The molecule has 1 aromatic rings. The molecule has 1 aromatic heterocycles. The summed E-state index contributed by atoms with van der Waals surface area (Å²) < 4.78 is 6.79. The summed E-state index contributed by atoms with van der Waals surface area (Å²) in [6, 6.07) is 1.49. The third kappa shape index (κ3) is 3.13. The Morgan fingerprint density at radius 3 is 2.80 bits per heavy atom. The van der Waals surface area contributed by atoms with Crippen LogP contribution >= 0.6 is 0 Å². The van der Waals surface area contributed by atoms with Gasteiger partial charge in [-0.2, -0.15) is 10.0 Å². The van der Waals surface area contributed by atoms with E-state index in [4.69, 9.17) is 4.74 Å².